The molecule has 0 atom stereocenters. The Kier molecular flexibility index (Phi) is 5.65. The van der Waals surface area contributed by atoms with Crippen LogP contribution in [0.3, 0.4) is 0 Å². The minimum Gasteiger partial charge on any atom is -0.371 e. The van der Waals surface area contributed by atoms with Gasteiger partial charge in [0.05, 0.1) is 11.5 Å². The smallest absolute Gasteiger partial charge is 0.293 e. The SMILES string of the molecule is CCN(C)C(=O)CNc1ccc(C(=O)NC)cc1[N+](=O)[O-]. The first-order chi connectivity index (χ1) is 9.90. The molecule has 1 aromatic rings. The van der Waals surface area contributed by atoms with E-state index in [1.54, 1.807) is 7.05 Å². The van der Waals surface area contributed by atoms with E-state index in [1.807, 2.05) is 6.92 Å². The molecule has 0 bridgehead atoms. The van der Waals surface area contributed by atoms with Crippen LogP contribution in [0.25, 0.3) is 0 Å². The summed E-state index contributed by atoms with van der Waals surface area (Å²) in [5, 5.41) is 16.2. The quantitative estimate of drug-likeness (QED) is 0.597. The Morgan fingerprint density at radius 1 is 1.38 bits per heavy atom. The highest BCUT2D eigenvalue weighted by molar-refractivity contribution is 5.95. The maximum absolute atomic E-state index is 11.7. The average molecular weight is 294 g/mol. The van der Waals surface area contributed by atoms with Crippen molar-refractivity contribution in [3.63, 3.8) is 0 Å². The number of nitro benzene ring substituents is 1. The standard InChI is InChI=1S/C13H18N4O4/c1-4-16(3)12(18)8-15-10-6-5-9(13(19)14-2)7-11(10)17(20)21/h5-7,15H,4,8H2,1-3H3,(H,14,19). The second-order valence-electron chi connectivity index (χ2n) is 4.33. The van der Waals surface area contributed by atoms with E-state index in [4.69, 9.17) is 0 Å². The van der Waals surface area contributed by atoms with Gasteiger partial charge in [0, 0.05) is 32.3 Å². The van der Waals surface area contributed by atoms with Crippen molar-refractivity contribution < 1.29 is 14.5 Å². The molecule has 2 amide bonds. The predicted molar refractivity (Wildman–Crippen MR) is 78.3 cm³/mol. The fourth-order valence-electron chi connectivity index (χ4n) is 1.60. The van der Waals surface area contributed by atoms with Gasteiger partial charge in [-0.05, 0) is 19.1 Å². The second-order valence-corrected chi connectivity index (χ2v) is 4.33. The van der Waals surface area contributed by atoms with E-state index >= 15 is 0 Å². The van der Waals surface area contributed by atoms with Crippen molar-refractivity contribution in [1.82, 2.24) is 10.2 Å². The topological polar surface area (TPSA) is 105 Å². The van der Waals surface area contributed by atoms with Crippen LogP contribution < -0.4 is 10.6 Å². The van der Waals surface area contributed by atoms with Crippen LogP contribution in [-0.4, -0.2) is 48.8 Å². The molecule has 8 nitrogen and oxygen atoms in total. The van der Waals surface area contributed by atoms with Crippen molar-refractivity contribution in [2.45, 2.75) is 6.92 Å². The first-order valence-electron chi connectivity index (χ1n) is 6.39. The normalized spacial score (nSPS) is 9.86. The third-order valence-electron chi connectivity index (χ3n) is 3.01. The summed E-state index contributed by atoms with van der Waals surface area (Å²) in [6, 6.07) is 4.05. The summed E-state index contributed by atoms with van der Waals surface area (Å²) in [7, 11) is 3.09. The van der Waals surface area contributed by atoms with Gasteiger partial charge in [-0.2, -0.15) is 0 Å². The van der Waals surface area contributed by atoms with E-state index < -0.39 is 10.8 Å². The van der Waals surface area contributed by atoms with E-state index in [-0.39, 0.29) is 29.4 Å². The number of benzene rings is 1. The van der Waals surface area contributed by atoms with Gasteiger partial charge in [-0.3, -0.25) is 19.7 Å². The van der Waals surface area contributed by atoms with Crippen LogP contribution >= 0.6 is 0 Å². The zero-order valence-electron chi connectivity index (χ0n) is 12.2. The Hall–Kier alpha value is -2.64. The fourth-order valence-corrected chi connectivity index (χ4v) is 1.60. The van der Waals surface area contributed by atoms with Crippen molar-refractivity contribution in [2.75, 3.05) is 32.5 Å². The van der Waals surface area contributed by atoms with Crippen LogP contribution in [0.15, 0.2) is 18.2 Å². The number of nitro groups is 1. The first kappa shape index (κ1) is 16.4. The van der Waals surface area contributed by atoms with Gasteiger partial charge in [0.15, 0.2) is 0 Å². The van der Waals surface area contributed by atoms with Gasteiger partial charge in [0.1, 0.15) is 5.69 Å². The minimum atomic E-state index is -0.594. The van der Waals surface area contributed by atoms with Crippen LogP contribution in [0, 0.1) is 10.1 Å². The molecular formula is C13H18N4O4. The molecular weight excluding hydrogens is 276 g/mol. The predicted octanol–water partition coefficient (Wildman–Crippen LogP) is 0.845. The van der Waals surface area contributed by atoms with Crippen molar-refractivity contribution in [2.24, 2.45) is 0 Å². The van der Waals surface area contributed by atoms with Crippen LogP contribution in [0.5, 0.6) is 0 Å². The molecule has 114 valence electrons. The Bertz CT molecular complexity index is 559. The molecule has 0 spiro atoms. The summed E-state index contributed by atoms with van der Waals surface area (Å²) in [4.78, 5) is 35.1. The molecule has 0 fully saturated rings. The summed E-state index contributed by atoms with van der Waals surface area (Å²) >= 11 is 0. The number of amides is 2. The summed E-state index contributed by atoms with van der Waals surface area (Å²) in [6.45, 7) is 2.33. The van der Waals surface area contributed by atoms with E-state index in [2.05, 4.69) is 10.6 Å². The number of carbonyl (C=O) groups excluding carboxylic acids is 2. The number of hydrogen-bond acceptors (Lipinski definition) is 5. The number of rotatable bonds is 6. The van der Waals surface area contributed by atoms with Gasteiger partial charge in [-0.1, -0.05) is 0 Å². The fraction of sp³-hybridized carbons (Fsp3) is 0.385. The molecule has 0 saturated carbocycles. The van der Waals surface area contributed by atoms with Gasteiger partial charge < -0.3 is 15.5 Å². The van der Waals surface area contributed by atoms with E-state index in [0.29, 0.717) is 6.54 Å². The number of likely N-dealkylation sites (N-methyl/N-ethyl adjacent to an activating group) is 1. The Morgan fingerprint density at radius 2 is 2.05 bits per heavy atom. The lowest BCUT2D eigenvalue weighted by Gasteiger charge is -2.15. The average Bonchev–Trinajstić information content (AvgIpc) is 2.50. The summed E-state index contributed by atoms with van der Waals surface area (Å²) in [5.74, 6) is -0.589. The molecule has 2 N–H and O–H groups in total. The Balaban J connectivity index is 2.94. The molecule has 0 unspecified atom stereocenters. The van der Waals surface area contributed by atoms with Crippen LogP contribution in [0.4, 0.5) is 11.4 Å². The van der Waals surface area contributed by atoms with Crippen LogP contribution in [0.2, 0.25) is 0 Å². The van der Waals surface area contributed by atoms with Crippen LogP contribution in [-0.2, 0) is 4.79 Å². The van der Waals surface area contributed by atoms with Crippen molar-refractivity contribution in [1.29, 1.82) is 0 Å². The number of carbonyl (C=O) groups is 2. The zero-order valence-corrected chi connectivity index (χ0v) is 12.2. The molecule has 8 heteroatoms. The molecule has 0 aliphatic rings. The largest absolute Gasteiger partial charge is 0.371 e. The third-order valence-corrected chi connectivity index (χ3v) is 3.01. The number of nitrogens with zero attached hydrogens (tertiary/aromatic N) is 2. The van der Waals surface area contributed by atoms with Gasteiger partial charge in [-0.15, -0.1) is 0 Å². The molecule has 0 aliphatic heterocycles. The van der Waals surface area contributed by atoms with Crippen molar-refractivity contribution in [3.05, 3.63) is 33.9 Å². The van der Waals surface area contributed by atoms with Gasteiger partial charge in [-0.25, -0.2) is 0 Å². The van der Waals surface area contributed by atoms with Gasteiger partial charge in [0.2, 0.25) is 5.91 Å². The zero-order chi connectivity index (χ0) is 16.0. The number of nitrogens with one attached hydrogen (secondary N) is 2. The summed E-state index contributed by atoms with van der Waals surface area (Å²) in [5.41, 5.74) is 0.139. The molecule has 0 aromatic heterocycles. The van der Waals surface area contributed by atoms with Crippen molar-refractivity contribution >= 4 is 23.2 Å². The van der Waals surface area contributed by atoms with E-state index in [1.165, 1.54) is 30.1 Å². The lowest BCUT2D eigenvalue weighted by Crippen LogP contribution is -2.32. The number of anilines is 1. The van der Waals surface area contributed by atoms with E-state index in [9.17, 15) is 19.7 Å². The maximum Gasteiger partial charge on any atom is 0.293 e. The molecule has 0 aliphatic carbocycles. The monoisotopic (exact) mass is 294 g/mol. The summed E-state index contributed by atoms with van der Waals surface area (Å²) < 4.78 is 0. The van der Waals surface area contributed by atoms with Crippen LogP contribution in [0.1, 0.15) is 17.3 Å². The highest BCUT2D eigenvalue weighted by Gasteiger charge is 2.18. The number of hydrogen-bond donors (Lipinski definition) is 2. The molecule has 0 radical (unpaired) electrons. The molecule has 1 rings (SSSR count). The lowest BCUT2D eigenvalue weighted by atomic mass is 10.1. The lowest BCUT2D eigenvalue weighted by molar-refractivity contribution is -0.384. The Labute approximate surface area is 122 Å². The summed E-state index contributed by atoms with van der Waals surface area (Å²) in [6.07, 6.45) is 0. The first-order valence-corrected chi connectivity index (χ1v) is 6.39. The Morgan fingerprint density at radius 3 is 2.57 bits per heavy atom. The highest BCUT2D eigenvalue weighted by Crippen LogP contribution is 2.25. The second kappa shape index (κ2) is 7.22. The third kappa shape index (κ3) is 4.16. The highest BCUT2D eigenvalue weighted by atomic mass is 16.6. The van der Waals surface area contributed by atoms with Gasteiger partial charge >= 0.3 is 0 Å². The molecule has 1 aromatic carbocycles. The van der Waals surface area contributed by atoms with Crippen molar-refractivity contribution in [3.8, 4) is 0 Å². The van der Waals surface area contributed by atoms with E-state index in [0.717, 1.165) is 0 Å². The maximum atomic E-state index is 11.7. The van der Waals surface area contributed by atoms with Gasteiger partial charge in [0.25, 0.3) is 11.6 Å². The minimum absolute atomic E-state index is 0.0511. The molecule has 21 heavy (non-hydrogen) atoms. The molecule has 0 saturated heterocycles. The molecule has 0 heterocycles.